The van der Waals surface area contributed by atoms with Crippen LogP contribution in [0.15, 0.2) is 48.7 Å². The van der Waals surface area contributed by atoms with Crippen LogP contribution < -0.4 is 4.74 Å². The Morgan fingerprint density at radius 1 is 1.24 bits per heavy atom. The molecule has 29 heavy (non-hydrogen) atoms. The standard InChI is InChI=1S/C23H24N4O2/c1-26-21-8-7-17(29-2)11-16(21)12-22(26)23(28)27-10-4-5-15(14-27)19-13-20-18(25-19)6-3-9-24-20/h3,6-9,11-13,15,25H,4-5,10,14H2,1-2H3. The minimum absolute atomic E-state index is 0.0848. The van der Waals surface area contributed by atoms with E-state index in [9.17, 15) is 4.79 Å². The third-order valence-electron chi connectivity index (χ3n) is 6.03. The van der Waals surface area contributed by atoms with Crippen molar-refractivity contribution in [2.24, 2.45) is 7.05 Å². The fourth-order valence-corrected chi connectivity index (χ4v) is 4.43. The van der Waals surface area contributed by atoms with Crippen LogP contribution in [0.25, 0.3) is 21.9 Å². The molecule has 0 radical (unpaired) electrons. The summed E-state index contributed by atoms with van der Waals surface area (Å²) in [5, 5.41) is 1.02. The number of amides is 1. The lowest BCUT2D eigenvalue weighted by molar-refractivity contribution is 0.0697. The van der Waals surface area contributed by atoms with Crippen molar-refractivity contribution in [3.63, 3.8) is 0 Å². The van der Waals surface area contributed by atoms with Gasteiger partial charge in [-0.05, 0) is 55.3 Å². The molecule has 1 atom stereocenters. The molecule has 6 nitrogen and oxygen atoms in total. The summed E-state index contributed by atoms with van der Waals surface area (Å²) in [6.45, 7) is 1.51. The van der Waals surface area contributed by atoms with Gasteiger partial charge >= 0.3 is 0 Å². The summed E-state index contributed by atoms with van der Waals surface area (Å²) in [6.07, 6.45) is 3.88. The fraction of sp³-hybridized carbons (Fsp3) is 0.304. The smallest absolute Gasteiger partial charge is 0.270 e. The van der Waals surface area contributed by atoms with Gasteiger partial charge in [-0.25, -0.2) is 0 Å². The lowest BCUT2D eigenvalue weighted by Crippen LogP contribution is -2.39. The Morgan fingerprint density at radius 3 is 2.97 bits per heavy atom. The zero-order valence-electron chi connectivity index (χ0n) is 16.7. The Labute approximate surface area is 169 Å². The highest BCUT2D eigenvalue weighted by atomic mass is 16.5. The van der Waals surface area contributed by atoms with Crippen LogP contribution in [0.5, 0.6) is 5.75 Å². The van der Waals surface area contributed by atoms with Gasteiger partial charge in [0.05, 0.1) is 18.1 Å². The summed E-state index contributed by atoms with van der Waals surface area (Å²) in [7, 11) is 3.61. The van der Waals surface area contributed by atoms with E-state index >= 15 is 0 Å². The van der Waals surface area contributed by atoms with Crippen LogP contribution in [0, 0.1) is 0 Å². The molecule has 1 aromatic carbocycles. The van der Waals surface area contributed by atoms with Crippen molar-refractivity contribution >= 4 is 27.8 Å². The van der Waals surface area contributed by atoms with Crippen LogP contribution in [0.1, 0.15) is 34.9 Å². The van der Waals surface area contributed by atoms with Gasteiger partial charge in [0, 0.05) is 48.8 Å². The first kappa shape index (κ1) is 17.8. The Balaban J connectivity index is 1.42. The highest BCUT2D eigenvalue weighted by molar-refractivity contribution is 5.99. The second-order valence-electron chi connectivity index (χ2n) is 7.76. The molecule has 1 unspecified atom stereocenters. The predicted molar refractivity (Wildman–Crippen MR) is 113 cm³/mol. The number of benzene rings is 1. The van der Waals surface area contributed by atoms with Crippen LogP contribution in [0.4, 0.5) is 0 Å². The predicted octanol–water partition coefficient (Wildman–Crippen LogP) is 4.08. The van der Waals surface area contributed by atoms with E-state index in [2.05, 4.69) is 16.0 Å². The Hall–Kier alpha value is -3.28. The number of carbonyl (C=O) groups is 1. The van der Waals surface area contributed by atoms with Crippen molar-refractivity contribution in [3.05, 3.63) is 60.0 Å². The molecule has 5 rings (SSSR count). The number of aromatic amines is 1. The van der Waals surface area contributed by atoms with Crippen molar-refractivity contribution in [1.29, 1.82) is 0 Å². The number of aromatic nitrogens is 3. The molecule has 1 aliphatic heterocycles. The average molecular weight is 388 g/mol. The van der Waals surface area contributed by atoms with Crippen LogP contribution in [0.3, 0.4) is 0 Å². The zero-order chi connectivity index (χ0) is 20.0. The summed E-state index contributed by atoms with van der Waals surface area (Å²) in [6, 6.07) is 14.0. The molecule has 1 fully saturated rings. The van der Waals surface area contributed by atoms with Gasteiger partial charge in [-0.1, -0.05) is 0 Å². The molecule has 4 heterocycles. The molecule has 0 bridgehead atoms. The maximum Gasteiger partial charge on any atom is 0.270 e. The number of nitrogens with one attached hydrogen (secondary N) is 1. The van der Waals surface area contributed by atoms with Gasteiger partial charge in [-0.2, -0.15) is 0 Å². The first-order chi connectivity index (χ1) is 14.1. The van der Waals surface area contributed by atoms with Gasteiger partial charge in [0.2, 0.25) is 0 Å². The lowest BCUT2D eigenvalue weighted by Gasteiger charge is -2.32. The maximum atomic E-state index is 13.3. The summed E-state index contributed by atoms with van der Waals surface area (Å²) in [5.41, 5.74) is 4.94. The SMILES string of the molecule is COc1ccc2c(c1)cc(C(=O)N1CCCC(c3cc4ncccc4[nH]3)C1)n2C. The highest BCUT2D eigenvalue weighted by Gasteiger charge is 2.28. The normalized spacial score (nSPS) is 17.2. The molecule has 6 heteroatoms. The number of nitrogens with zero attached hydrogens (tertiary/aromatic N) is 3. The second-order valence-corrected chi connectivity index (χ2v) is 7.76. The van der Waals surface area contributed by atoms with E-state index in [0.29, 0.717) is 11.6 Å². The number of H-pyrrole nitrogens is 1. The van der Waals surface area contributed by atoms with Crippen LogP contribution >= 0.6 is 0 Å². The number of methoxy groups -OCH3 is 1. The molecule has 0 aliphatic carbocycles. The molecule has 148 valence electrons. The number of piperidine rings is 1. The second kappa shape index (κ2) is 6.95. The molecule has 0 saturated carbocycles. The Kier molecular flexibility index (Phi) is 4.27. The Bertz CT molecular complexity index is 1170. The molecule has 1 amide bonds. The van der Waals surface area contributed by atoms with Gasteiger partial charge < -0.3 is 19.2 Å². The molecule has 4 aromatic rings. The third kappa shape index (κ3) is 3.05. The molecular formula is C23H24N4O2. The van der Waals surface area contributed by atoms with Crippen molar-refractivity contribution in [1.82, 2.24) is 19.4 Å². The maximum absolute atomic E-state index is 13.3. The van der Waals surface area contributed by atoms with E-state index in [1.807, 2.05) is 59.1 Å². The number of aryl methyl sites for hydroxylation is 1. The van der Waals surface area contributed by atoms with Gasteiger partial charge in [-0.15, -0.1) is 0 Å². The van der Waals surface area contributed by atoms with Crippen molar-refractivity contribution in [2.75, 3.05) is 20.2 Å². The zero-order valence-corrected chi connectivity index (χ0v) is 16.7. The monoisotopic (exact) mass is 388 g/mol. The van der Waals surface area contributed by atoms with Gasteiger partial charge in [0.1, 0.15) is 11.4 Å². The number of pyridine rings is 1. The van der Waals surface area contributed by atoms with Crippen molar-refractivity contribution < 1.29 is 9.53 Å². The minimum Gasteiger partial charge on any atom is -0.497 e. The van der Waals surface area contributed by atoms with Crippen LogP contribution in [-0.2, 0) is 7.05 Å². The fourth-order valence-electron chi connectivity index (χ4n) is 4.43. The van der Waals surface area contributed by atoms with Crippen molar-refractivity contribution in [2.45, 2.75) is 18.8 Å². The van der Waals surface area contributed by atoms with Crippen molar-refractivity contribution in [3.8, 4) is 5.75 Å². The molecule has 1 aliphatic rings. The number of hydrogen-bond donors (Lipinski definition) is 1. The van der Waals surface area contributed by atoms with E-state index in [0.717, 1.165) is 59.3 Å². The van der Waals surface area contributed by atoms with E-state index in [-0.39, 0.29) is 5.91 Å². The van der Waals surface area contributed by atoms with E-state index in [1.54, 1.807) is 7.11 Å². The number of fused-ring (bicyclic) bond motifs is 2. The van der Waals surface area contributed by atoms with E-state index in [1.165, 1.54) is 0 Å². The number of ether oxygens (including phenoxy) is 1. The first-order valence-electron chi connectivity index (χ1n) is 10.0. The summed E-state index contributed by atoms with van der Waals surface area (Å²) in [4.78, 5) is 23.2. The van der Waals surface area contributed by atoms with Gasteiger partial charge in [-0.3, -0.25) is 9.78 Å². The summed E-state index contributed by atoms with van der Waals surface area (Å²) in [5.74, 6) is 1.19. The summed E-state index contributed by atoms with van der Waals surface area (Å²) < 4.78 is 7.30. The minimum atomic E-state index is 0.0848. The Morgan fingerprint density at radius 2 is 2.14 bits per heavy atom. The number of carbonyl (C=O) groups excluding carboxylic acids is 1. The molecule has 3 aromatic heterocycles. The van der Waals surface area contributed by atoms with E-state index in [4.69, 9.17) is 4.74 Å². The number of hydrogen-bond acceptors (Lipinski definition) is 3. The highest BCUT2D eigenvalue weighted by Crippen LogP contribution is 2.30. The summed E-state index contributed by atoms with van der Waals surface area (Å²) >= 11 is 0. The van der Waals surface area contributed by atoms with Gasteiger partial charge in [0.25, 0.3) is 5.91 Å². The number of rotatable bonds is 3. The molecule has 1 saturated heterocycles. The average Bonchev–Trinajstić information content (AvgIpc) is 3.34. The molecule has 0 spiro atoms. The topological polar surface area (TPSA) is 63.1 Å². The molecular weight excluding hydrogens is 364 g/mol. The third-order valence-corrected chi connectivity index (χ3v) is 6.03. The quantitative estimate of drug-likeness (QED) is 0.575. The van der Waals surface area contributed by atoms with E-state index < -0.39 is 0 Å². The van der Waals surface area contributed by atoms with Crippen LogP contribution in [-0.4, -0.2) is 45.5 Å². The number of likely N-dealkylation sites (tertiary alicyclic amines) is 1. The lowest BCUT2D eigenvalue weighted by atomic mass is 9.94. The largest absolute Gasteiger partial charge is 0.497 e. The first-order valence-corrected chi connectivity index (χ1v) is 10.0. The molecule has 1 N–H and O–H groups in total. The van der Waals surface area contributed by atoms with Gasteiger partial charge in [0.15, 0.2) is 0 Å². The van der Waals surface area contributed by atoms with Crippen LogP contribution in [0.2, 0.25) is 0 Å².